The maximum Gasteiger partial charge on any atom is 0.251 e. The number of halogens is 1. The van der Waals surface area contributed by atoms with Crippen LogP contribution in [-0.2, 0) is 17.8 Å². The number of pyridine rings is 1. The zero-order valence-electron chi connectivity index (χ0n) is 24.6. The van der Waals surface area contributed by atoms with Crippen molar-refractivity contribution in [2.24, 2.45) is 11.8 Å². The van der Waals surface area contributed by atoms with Crippen molar-refractivity contribution < 1.29 is 14.7 Å². The second-order valence-electron chi connectivity index (χ2n) is 12.2. The summed E-state index contributed by atoms with van der Waals surface area (Å²) in [6, 6.07) is 21.0. The van der Waals surface area contributed by atoms with Crippen LogP contribution in [0.4, 0.5) is 5.82 Å². The van der Waals surface area contributed by atoms with Crippen molar-refractivity contribution in [3.8, 4) is 0 Å². The van der Waals surface area contributed by atoms with E-state index in [2.05, 4.69) is 22.5 Å². The summed E-state index contributed by atoms with van der Waals surface area (Å²) in [5.41, 5.74) is 1.58. The van der Waals surface area contributed by atoms with E-state index in [1.807, 2.05) is 86.5 Å². The average molecular weight is 590 g/mol. The van der Waals surface area contributed by atoms with Crippen molar-refractivity contribution in [2.45, 2.75) is 64.0 Å². The lowest BCUT2D eigenvalue weighted by Crippen LogP contribution is -2.55. The van der Waals surface area contributed by atoms with E-state index in [0.29, 0.717) is 36.2 Å². The number of carbonyl (C=O) groups excluding carboxylic acids is 2. The van der Waals surface area contributed by atoms with Gasteiger partial charge in [-0.15, -0.1) is 0 Å². The number of hydrogen-bond donors (Lipinski definition) is 3. The van der Waals surface area contributed by atoms with Gasteiger partial charge in [-0.25, -0.2) is 4.98 Å². The molecule has 3 N–H and O–H groups in total. The molecule has 2 amide bonds. The highest BCUT2D eigenvalue weighted by atomic mass is 35.5. The van der Waals surface area contributed by atoms with Crippen molar-refractivity contribution in [1.29, 1.82) is 0 Å². The highest BCUT2D eigenvalue weighted by Gasteiger charge is 2.49. The first-order chi connectivity index (χ1) is 20.0. The second-order valence-corrected chi connectivity index (χ2v) is 12.6. The number of aliphatic hydroxyl groups is 1. The van der Waals surface area contributed by atoms with Crippen LogP contribution >= 0.6 is 11.6 Å². The fraction of sp³-hybridized carbons (Fsp3) is 0.424. The molecule has 2 heterocycles. The molecule has 1 saturated carbocycles. The second kappa shape index (κ2) is 12.4. The maximum absolute atomic E-state index is 13.7. The summed E-state index contributed by atoms with van der Waals surface area (Å²) in [7, 11) is 1.95. The lowest BCUT2D eigenvalue weighted by atomic mass is 9.95. The Morgan fingerprint density at radius 1 is 1.14 bits per heavy atom. The van der Waals surface area contributed by atoms with Crippen LogP contribution in [0.2, 0.25) is 5.15 Å². The molecule has 0 radical (unpaired) electrons. The highest BCUT2D eigenvalue weighted by molar-refractivity contribution is 6.30. The number of nitrogens with zero attached hydrogens (tertiary/aromatic N) is 3. The van der Waals surface area contributed by atoms with E-state index in [1.54, 1.807) is 11.0 Å². The third-order valence-corrected chi connectivity index (χ3v) is 8.68. The van der Waals surface area contributed by atoms with Gasteiger partial charge in [0.1, 0.15) is 17.0 Å². The molecule has 1 aliphatic carbocycles. The number of hydrogen-bond acceptors (Lipinski definition) is 6. The SMILES string of the molecule is C[C@H]1C[C@@H]1CN(C)c1cc(C(=O)NC(Cc2ccccc2)C(O)C2NC(C)(C)N(Cc3ccccc3)C2=O)cc(Cl)n1. The van der Waals surface area contributed by atoms with Gasteiger partial charge in [0.2, 0.25) is 5.91 Å². The van der Waals surface area contributed by atoms with Crippen LogP contribution in [0.1, 0.15) is 48.7 Å². The summed E-state index contributed by atoms with van der Waals surface area (Å²) in [6.07, 6.45) is 0.325. The number of amides is 2. The molecule has 3 aromatic rings. The molecule has 5 atom stereocenters. The molecule has 5 rings (SSSR count). The summed E-state index contributed by atoms with van der Waals surface area (Å²) >= 11 is 6.36. The Bertz CT molecular complexity index is 1400. The Labute approximate surface area is 253 Å². The Balaban J connectivity index is 1.37. The van der Waals surface area contributed by atoms with Gasteiger partial charge < -0.3 is 20.2 Å². The van der Waals surface area contributed by atoms with Gasteiger partial charge in [-0.05, 0) is 61.8 Å². The van der Waals surface area contributed by atoms with Gasteiger partial charge in [0, 0.05) is 25.7 Å². The third-order valence-electron chi connectivity index (χ3n) is 8.49. The van der Waals surface area contributed by atoms with Crippen molar-refractivity contribution in [3.63, 3.8) is 0 Å². The van der Waals surface area contributed by atoms with Crippen LogP contribution in [0.15, 0.2) is 72.8 Å². The zero-order chi connectivity index (χ0) is 30.0. The van der Waals surface area contributed by atoms with Gasteiger partial charge in [0.25, 0.3) is 5.91 Å². The van der Waals surface area contributed by atoms with Gasteiger partial charge in [-0.3, -0.25) is 14.9 Å². The van der Waals surface area contributed by atoms with Gasteiger partial charge >= 0.3 is 0 Å². The van der Waals surface area contributed by atoms with Gasteiger partial charge in [-0.1, -0.05) is 79.2 Å². The van der Waals surface area contributed by atoms with E-state index >= 15 is 0 Å². The first kappa shape index (κ1) is 30.0. The van der Waals surface area contributed by atoms with Crippen LogP contribution < -0.4 is 15.5 Å². The number of carbonyl (C=O) groups is 2. The minimum Gasteiger partial charge on any atom is -0.389 e. The molecule has 1 aromatic heterocycles. The predicted molar refractivity (Wildman–Crippen MR) is 165 cm³/mol. The number of nitrogens with one attached hydrogen (secondary N) is 2. The molecule has 0 bridgehead atoms. The molecule has 8 nitrogen and oxygen atoms in total. The van der Waals surface area contributed by atoms with Crippen LogP contribution in [0.5, 0.6) is 0 Å². The monoisotopic (exact) mass is 589 g/mol. The molecule has 3 unspecified atom stereocenters. The number of rotatable bonds is 11. The van der Waals surface area contributed by atoms with E-state index < -0.39 is 23.9 Å². The fourth-order valence-electron chi connectivity index (χ4n) is 5.75. The van der Waals surface area contributed by atoms with Gasteiger partial charge in [0.15, 0.2) is 0 Å². The van der Waals surface area contributed by atoms with E-state index in [-0.39, 0.29) is 17.0 Å². The van der Waals surface area contributed by atoms with Crippen LogP contribution in [0, 0.1) is 11.8 Å². The van der Waals surface area contributed by atoms with Crippen LogP contribution in [0.25, 0.3) is 0 Å². The van der Waals surface area contributed by atoms with Crippen LogP contribution in [0.3, 0.4) is 0 Å². The summed E-state index contributed by atoms with van der Waals surface area (Å²) in [5.74, 6) is 1.32. The predicted octanol–water partition coefficient (Wildman–Crippen LogP) is 4.27. The topological polar surface area (TPSA) is 97.8 Å². The normalized spacial score (nSPS) is 22.5. The maximum atomic E-state index is 13.7. The number of aliphatic hydroxyl groups excluding tert-OH is 1. The van der Waals surface area contributed by atoms with Crippen molar-refractivity contribution in [2.75, 3.05) is 18.5 Å². The molecule has 1 aliphatic heterocycles. The molecular weight excluding hydrogens is 550 g/mol. The fourth-order valence-corrected chi connectivity index (χ4v) is 5.96. The molecule has 1 saturated heterocycles. The lowest BCUT2D eigenvalue weighted by Gasteiger charge is -2.31. The van der Waals surface area contributed by atoms with Crippen molar-refractivity contribution in [3.05, 3.63) is 94.6 Å². The smallest absolute Gasteiger partial charge is 0.251 e. The summed E-state index contributed by atoms with van der Waals surface area (Å²) in [5, 5.41) is 18.3. The Hall–Kier alpha value is -3.46. The molecule has 222 valence electrons. The standard InChI is InChI=1S/C33H40ClN5O3/c1-21-15-25(21)20-38(4)28-18-24(17-27(34)36-28)31(41)35-26(16-22-11-7-5-8-12-22)30(40)29-32(42)39(33(2,3)37-29)19-23-13-9-6-10-14-23/h5-14,17-18,21,25-26,29-30,37,40H,15-16,19-20H2,1-4H3,(H,35,41)/t21-,25+,26?,29?,30?/m0/s1. The Kier molecular flexibility index (Phi) is 8.87. The van der Waals surface area contributed by atoms with Gasteiger partial charge in [-0.2, -0.15) is 0 Å². The lowest BCUT2D eigenvalue weighted by molar-refractivity contribution is -0.134. The highest BCUT2D eigenvalue weighted by Crippen LogP contribution is 2.38. The first-order valence-electron chi connectivity index (χ1n) is 14.6. The van der Waals surface area contributed by atoms with Crippen molar-refractivity contribution in [1.82, 2.24) is 20.5 Å². The van der Waals surface area contributed by atoms with Crippen LogP contribution in [-0.4, -0.2) is 64.2 Å². The van der Waals surface area contributed by atoms with E-state index in [4.69, 9.17) is 11.6 Å². The molecule has 2 aromatic carbocycles. The van der Waals surface area contributed by atoms with Gasteiger partial charge in [0.05, 0.1) is 17.8 Å². The molecule has 42 heavy (non-hydrogen) atoms. The summed E-state index contributed by atoms with van der Waals surface area (Å²) in [4.78, 5) is 35.6. The summed E-state index contributed by atoms with van der Waals surface area (Å²) < 4.78 is 0. The molecule has 9 heteroatoms. The Morgan fingerprint density at radius 2 is 1.76 bits per heavy atom. The molecule has 2 aliphatic rings. The first-order valence-corrected chi connectivity index (χ1v) is 14.9. The van der Waals surface area contributed by atoms with Crippen molar-refractivity contribution >= 4 is 29.2 Å². The minimum absolute atomic E-state index is 0.214. The van der Waals surface area contributed by atoms with E-state index in [0.717, 1.165) is 17.7 Å². The number of anilines is 1. The average Bonchev–Trinajstić information content (AvgIpc) is 3.61. The largest absolute Gasteiger partial charge is 0.389 e. The van der Waals surface area contributed by atoms with E-state index in [1.165, 1.54) is 12.5 Å². The number of benzene rings is 2. The Morgan fingerprint density at radius 3 is 2.38 bits per heavy atom. The number of aromatic nitrogens is 1. The minimum atomic E-state index is -1.20. The third kappa shape index (κ3) is 6.94. The molecule has 2 fully saturated rings. The van der Waals surface area contributed by atoms with E-state index in [9.17, 15) is 14.7 Å². The molecule has 0 spiro atoms. The zero-order valence-corrected chi connectivity index (χ0v) is 25.4. The molecular formula is C33H40ClN5O3. The quantitative estimate of drug-likeness (QED) is 0.289. The summed E-state index contributed by atoms with van der Waals surface area (Å²) in [6.45, 7) is 7.32.